The third-order valence-corrected chi connectivity index (χ3v) is 6.44. The molecule has 28 heavy (non-hydrogen) atoms. The summed E-state index contributed by atoms with van der Waals surface area (Å²) in [5.74, 6) is 3.41. The van der Waals surface area contributed by atoms with Gasteiger partial charge in [-0.3, -0.25) is 4.79 Å². The van der Waals surface area contributed by atoms with Crippen LogP contribution >= 0.6 is 0 Å². The average molecular weight is 379 g/mol. The van der Waals surface area contributed by atoms with Crippen molar-refractivity contribution in [2.75, 3.05) is 13.6 Å². The molecule has 1 N–H and O–H groups in total. The Morgan fingerprint density at radius 2 is 1.21 bits per heavy atom. The van der Waals surface area contributed by atoms with Crippen molar-refractivity contribution in [3.63, 3.8) is 0 Å². The number of ketones is 1. The molecule has 3 aliphatic heterocycles. The van der Waals surface area contributed by atoms with Crippen molar-refractivity contribution in [3.8, 4) is 23.0 Å². The Hall–Kier alpha value is -2.73. The molecular formula is C22H21NO5. The van der Waals surface area contributed by atoms with Crippen LogP contribution in [0.25, 0.3) is 0 Å². The van der Waals surface area contributed by atoms with Gasteiger partial charge in [0.25, 0.3) is 0 Å². The summed E-state index contributed by atoms with van der Waals surface area (Å²) in [6.07, 6.45) is 2.93. The maximum Gasteiger partial charge on any atom is 0.231 e. The lowest BCUT2D eigenvalue weighted by molar-refractivity contribution is -0.135. The fourth-order valence-corrected chi connectivity index (χ4v) is 5.08. The van der Waals surface area contributed by atoms with Crippen molar-refractivity contribution in [2.24, 2.45) is 11.8 Å². The molecular weight excluding hydrogens is 358 g/mol. The summed E-state index contributed by atoms with van der Waals surface area (Å²) >= 11 is 0. The van der Waals surface area contributed by atoms with E-state index in [1.807, 2.05) is 36.4 Å². The van der Waals surface area contributed by atoms with E-state index in [2.05, 4.69) is 5.32 Å². The largest absolute Gasteiger partial charge is 0.454 e. The second kappa shape index (κ2) is 6.14. The molecule has 0 amide bonds. The minimum absolute atomic E-state index is 0.00406. The normalized spacial score (nSPS) is 29.8. The van der Waals surface area contributed by atoms with Gasteiger partial charge in [0.15, 0.2) is 23.0 Å². The molecule has 1 saturated heterocycles. The van der Waals surface area contributed by atoms with Gasteiger partial charge in [0.05, 0.1) is 0 Å². The van der Waals surface area contributed by atoms with E-state index >= 15 is 0 Å². The van der Waals surface area contributed by atoms with Crippen molar-refractivity contribution in [1.29, 1.82) is 0 Å². The van der Waals surface area contributed by atoms with Gasteiger partial charge in [0, 0.05) is 23.9 Å². The molecule has 2 aromatic rings. The van der Waals surface area contributed by atoms with Gasteiger partial charge >= 0.3 is 0 Å². The number of rotatable bonds is 2. The molecule has 144 valence electrons. The van der Waals surface area contributed by atoms with Crippen LogP contribution in [0.4, 0.5) is 0 Å². The standard InChI is InChI=1S/C22H21NO5/c24-22-14-2-1-3-15(22)21(13-5-7-17-19(9-13)28-11-26-17)23-20(14)12-4-6-16-18(8-12)27-10-25-16/h4-9,14-15,20-21,23H,1-3,10-11H2/t14-,15-,20+,21+/m1/s1. The Bertz CT molecular complexity index is 884. The summed E-state index contributed by atoms with van der Waals surface area (Å²) in [6, 6.07) is 11.9. The lowest BCUT2D eigenvalue weighted by atomic mass is 9.67. The average Bonchev–Trinajstić information content (AvgIpc) is 3.36. The van der Waals surface area contributed by atoms with Gasteiger partial charge in [0.2, 0.25) is 13.6 Å². The van der Waals surface area contributed by atoms with Crippen LogP contribution in [-0.2, 0) is 4.79 Å². The number of hydrogen-bond donors (Lipinski definition) is 1. The van der Waals surface area contributed by atoms with E-state index in [0.717, 1.165) is 53.4 Å². The molecule has 4 atom stereocenters. The van der Waals surface area contributed by atoms with Crippen LogP contribution in [0.15, 0.2) is 36.4 Å². The number of carbonyl (C=O) groups excluding carboxylic acids is 1. The summed E-state index contributed by atoms with van der Waals surface area (Å²) in [5, 5.41) is 3.79. The van der Waals surface area contributed by atoms with Crippen molar-refractivity contribution in [1.82, 2.24) is 5.32 Å². The van der Waals surface area contributed by atoms with Crippen LogP contribution < -0.4 is 24.3 Å². The number of Topliss-reactive ketones (excluding diaryl/α,β-unsaturated/α-hetero) is 1. The van der Waals surface area contributed by atoms with Gasteiger partial charge in [-0.1, -0.05) is 18.6 Å². The van der Waals surface area contributed by atoms with Gasteiger partial charge in [-0.05, 0) is 48.2 Å². The van der Waals surface area contributed by atoms with Crippen LogP contribution in [0.5, 0.6) is 23.0 Å². The predicted octanol–water partition coefficient (Wildman–Crippen LogP) is 3.52. The van der Waals surface area contributed by atoms with Gasteiger partial charge in [-0.15, -0.1) is 0 Å². The Kier molecular flexibility index (Phi) is 3.56. The van der Waals surface area contributed by atoms with Crippen molar-refractivity contribution in [3.05, 3.63) is 47.5 Å². The molecule has 6 nitrogen and oxygen atoms in total. The second-order valence-electron chi connectivity index (χ2n) is 7.89. The molecule has 0 unspecified atom stereocenters. The fourth-order valence-electron chi connectivity index (χ4n) is 5.08. The van der Waals surface area contributed by atoms with Gasteiger partial charge in [-0.25, -0.2) is 0 Å². The van der Waals surface area contributed by atoms with Crippen molar-refractivity contribution < 1.29 is 23.7 Å². The maximum absolute atomic E-state index is 13.3. The zero-order valence-corrected chi connectivity index (χ0v) is 15.4. The van der Waals surface area contributed by atoms with Crippen LogP contribution in [0.3, 0.4) is 0 Å². The highest BCUT2D eigenvalue weighted by Crippen LogP contribution is 2.48. The summed E-state index contributed by atoms with van der Waals surface area (Å²) < 4.78 is 22.0. The highest BCUT2D eigenvalue weighted by Gasteiger charge is 2.46. The van der Waals surface area contributed by atoms with E-state index in [-0.39, 0.29) is 37.5 Å². The SMILES string of the molecule is O=C1[C@@H]2CCC[C@@H]1[C@H](c1ccc3c(c1)OCO3)N[C@H]2c1ccc2c(c1)OCO2. The van der Waals surface area contributed by atoms with E-state index in [9.17, 15) is 4.79 Å². The Morgan fingerprint density at radius 1 is 0.714 bits per heavy atom. The molecule has 1 aliphatic carbocycles. The molecule has 0 aromatic heterocycles. The third kappa shape index (κ3) is 2.41. The van der Waals surface area contributed by atoms with Crippen molar-refractivity contribution in [2.45, 2.75) is 31.3 Å². The molecule has 3 heterocycles. The smallest absolute Gasteiger partial charge is 0.231 e. The topological polar surface area (TPSA) is 66.0 Å². The molecule has 2 aromatic carbocycles. The minimum Gasteiger partial charge on any atom is -0.454 e. The molecule has 6 rings (SSSR count). The first-order valence-corrected chi connectivity index (χ1v) is 9.87. The summed E-state index contributed by atoms with van der Waals surface area (Å²) in [6.45, 7) is 0.502. The van der Waals surface area contributed by atoms with E-state index in [1.54, 1.807) is 0 Å². The van der Waals surface area contributed by atoms with E-state index in [0.29, 0.717) is 5.78 Å². The molecule has 1 saturated carbocycles. The number of hydrogen-bond acceptors (Lipinski definition) is 6. The van der Waals surface area contributed by atoms with Crippen LogP contribution in [0.1, 0.15) is 42.5 Å². The Balaban J connectivity index is 1.38. The highest BCUT2D eigenvalue weighted by atomic mass is 16.7. The quantitative estimate of drug-likeness (QED) is 0.861. The zero-order valence-electron chi connectivity index (χ0n) is 15.4. The van der Waals surface area contributed by atoms with Crippen LogP contribution in [0.2, 0.25) is 0 Å². The number of fused-ring (bicyclic) bond motifs is 4. The summed E-state index contributed by atoms with van der Waals surface area (Å²) in [7, 11) is 0. The molecule has 2 fully saturated rings. The second-order valence-corrected chi connectivity index (χ2v) is 7.89. The number of nitrogens with one attached hydrogen (secondary N) is 1. The van der Waals surface area contributed by atoms with Gasteiger partial charge in [0.1, 0.15) is 5.78 Å². The maximum atomic E-state index is 13.3. The molecule has 0 spiro atoms. The molecule has 6 heteroatoms. The van der Waals surface area contributed by atoms with E-state index in [4.69, 9.17) is 18.9 Å². The highest BCUT2D eigenvalue weighted by molar-refractivity contribution is 5.87. The number of piperidine rings is 1. The zero-order chi connectivity index (χ0) is 18.7. The van der Waals surface area contributed by atoms with Gasteiger partial charge in [-0.2, -0.15) is 0 Å². The third-order valence-electron chi connectivity index (χ3n) is 6.44. The Morgan fingerprint density at radius 3 is 1.75 bits per heavy atom. The van der Waals surface area contributed by atoms with Gasteiger partial charge < -0.3 is 24.3 Å². The van der Waals surface area contributed by atoms with Crippen LogP contribution in [0, 0.1) is 11.8 Å². The molecule has 0 radical (unpaired) electrons. The fraction of sp³-hybridized carbons (Fsp3) is 0.409. The first-order valence-electron chi connectivity index (χ1n) is 9.87. The van der Waals surface area contributed by atoms with Crippen molar-refractivity contribution >= 4 is 5.78 Å². The predicted molar refractivity (Wildman–Crippen MR) is 99.6 cm³/mol. The Labute approximate surface area is 162 Å². The molecule has 4 aliphatic rings. The van der Waals surface area contributed by atoms with E-state index < -0.39 is 0 Å². The first kappa shape index (κ1) is 16.2. The number of benzene rings is 2. The van der Waals surface area contributed by atoms with E-state index in [1.165, 1.54) is 0 Å². The lowest BCUT2D eigenvalue weighted by Crippen LogP contribution is -2.50. The first-order chi connectivity index (χ1) is 13.8. The monoisotopic (exact) mass is 379 g/mol. The summed E-state index contributed by atoms with van der Waals surface area (Å²) in [4.78, 5) is 13.3. The lowest BCUT2D eigenvalue weighted by Gasteiger charge is -2.45. The van der Waals surface area contributed by atoms with Crippen LogP contribution in [-0.4, -0.2) is 19.4 Å². The molecule has 2 bridgehead atoms. The summed E-state index contributed by atoms with van der Waals surface area (Å²) in [5.41, 5.74) is 2.15. The minimum atomic E-state index is -0.0334. The number of ether oxygens (including phenoxy) is 4. The number of carbonyl (C=O) groups is 1.